The van der Waals surface area contributed by atoms with Crippen LogP contribution in [0, 0.1) is 5.92 Å². The molecule has 0 amide bonds. The van der Waals surface area contributed by atoms with Crippen LogP contribution in [0.5, 0.6) is 0 Å². The van der Waals surface area contributed by atoms with Crippen LogP contribution in [0.1, 0.15) is 15.9 Å². The van der Waals surface area contributed by atoms with Gasteiger partial charge in [-0.25, -0.2) is 8.78 Å². The van der Waals surface area contributed by atoms with Gasteiger partial charge in [0, 0.05) is 23.9 Å². The fourth-order valence-corrected chi connectivity index (χ4v) is 3.40. The molecule has 2 unspecified atom stereocenters. The first kappa shape index (κ1) is 9.33. The molecule has 0 radical (unpaired) electrons. The Hall–Kier alpha value is -1.71. The van der Waals surface area contributed by atoms with E-state index in [1.54, 1.807) is 24.3 Å². The molecule has 1 N–H and O–H groups in total. The molecular weight excluding hydrogens is 224 g/mol. The van der Waals surface area contributed by atoms with Crippen LogP contribution in [0.4, 0.5) is 8.78 Å². The predicted octanol–water partition coefficient (Wildman–Crippen LogP) is 1.87. The number of piperidine rings is 1. The fraction of sp³-hybridized carbons (Fsp3) is 0.308. The second-order valence-corrected chi connectivity index (χ2v) is 4.83. The van der Waals surface area contributed by atoms with E-state index in [2.05, 4.69) is 5.32 Å². The molecule has 2 atom stereocenters. The third kappa shape index (κ3) is 0.760. The number of nitrogens with one attached hydrogen (secondary N) is 1. The van der Waals surface area contributed by atoms with E-state index >= 15 is 0 Å². The Morgan fingerprint density at radius 3 is 2.82 bits per heavy atom. The van der Waals surface area contributed by atoms with Crippen LogP contribution in [-0.2, 0) is 5.41 Å². The van der Waals surface area contributed by atoms with Crippen LogP contribution in [0.15, 0.2) is 36.0 Å². The number of rotatable bonds is 0. The van der Waals surface area contributed by atoms with Gasteiger partial charge >= 0.3 is 0 Å². The van der Waals surface area contributed by atoms with E-state index in [0.717, 1.165) is 0 Å². The van der Waals surface area contributed by atoms with Gasteiger partial charge in [-0.3, -0.25) is 4.79 Å². The van der Waals surface area contributed by atoms with Gasteiger partial charge in [0.25, 0.3) is 5.92 Å². The van der Waals surface area contributed by atoms with Crippen molar-refractivity contribution >= 4 is 5.78 Å². The fourth-order valence-electron chi connectivity index (χ4n) is 3.40. The number of ketones is 1. The number of carbonyl (C=O) groups is 1. The van der Waals surface area contributed by atoms with E-state index in [-0.39, 0.29) is 12.3 Å². The largest absolute Gasteiger partial charge is 0.387 e. The molecule has 0 bridgehead atoms. The number of alkyl halides is 2. The van der Waals surface area contributed by atoms with Gasteiger partial charge in [0.15, 0.2) is 5.78 Å². The lowest BCUT2D eigenvalue weighted by Gasteiger charge is -2.24. The molecule has 0 aromatic heterocycles. The van der Waals surface area contributed by atoms with Crippen LogP contribution in [0.2, 0.25) is 0 Å². The van der Waals surface area contributed by atoms with Crippen molar-refractivity contribution in [1.82, 2.24) is 5.32 Å². The Morgan fingerprint density at radius 1 is 1.29 bits per heavy atom. The zero-order valence-corrected chi connectivity index (χ0v) is 8.84. The normalized spacial score (nSPS) is 35.3. The number of halogens is 2. The van der Waals surface area contributed by atoms with Crippen molar-refractivity contribution in [3.8, 4) is 0 Å². The van der Waals surface area contributed by atoms with Gasteiger partial charge in [-0.05, 0) is 5.56 Å². The lowest BCUT2D eigenvalue weighted by atomic mass is 9.81. The highest BCUT2D eigenvalue weighted by Crippen LogP contribution is 2.73. The summed E-state index contributed by atoms with van der Waals surface area (Å²) in [6, 6.07) is 6.71. The number of hydrogen-bond donors (Lipinski definition) is 1. The van der Waals surface area contributed by atoms with Crippen molar-refractivity contribution in [2.75, 3.05) is 6.54 Å². The smallest absolute Gasteiger partial charge is 0.269 e. The number of allylic oxidation sites excluding steroid dienone is 2. The van der Waals surface area contributed by atoms with Gasteiger partial charge in [-0.2, -0.15) is 0 Å². The zero-order chi connectivity index (χ0) is 11.8. The topological polar surface area (TPSA) is 29.1 Å². The van der Waals surface area contributed by atoms with Crippen molar-refractivity contribution in [3.05, 3.63) is 47.2 Å². The van der Waals surface area contributed by atoms with Gasteiger partial charge in [0.1, 0.15) is 5.41 Å². The van der Waals surface area contributed by atoms with Crippen LogP contribution in [-0.4, -0.2) is 18.3 Å². The SMILES string of the molecule is O=C1C=C2NCC3C(F)(F)C23c2ccccc21. The summed E-state index contributed by atoms with van der Waals surface area (Å²) in [5, 5.41) is 2.94. The molecule has 1 saturated heterocycles. The lowest BCUT2D eigenvalue weighted by molar-refractivity contribution is 0.0737. The molecule has 2 nitrogen and oxygen atoms in total. The quantitative estimate of drug-likeness (QED) is 0.741. The van der Waals surface area contributed by atoms with Crippen molar-refractivity contribution in [2.45, 2.75) is 11.3 Å². The van der Waals surface area contributed by atoms with Gasteiger partial charge in [0.2, 0.25) is 0 Å². The summed E-state index contributed by atoms with van der Waals surface area (Å²) >= 11 is 0. The standard InChI is InChI=1S/C13H9F2NO/c14-13(15)10-6-16-11-5-9(17)7-3-1-2-4-8(7)12(10,11)13/h1-5,10,16H,6H2. The predicted molar refractivity (Wildman–Crippen MR) is 57.0 cm³/mol. The molecule has 2 fully saturated rings. The second-order valence-electron chi connectivity index (χ2n) is 4.83. The van der Waals surface area contributed by atoms with Crippen molar-refractivity contribution in [2.24, 2.45) is 5.92 Å². The minimum absolute atomic E-state index is 0.183. The molecule has 4 rings (SSSR count). The van der Waals surface area contributed by atoms with E-state index < -0.39 is 17.3 Å². The summed E-state index contributed by atoms with van der Waals surface area (Å²) in [6.45, 7) is 0.250. The summed E-state index contributed by atoms with van der Waals surface area (Å²) < 4.78 is 28.0. The Morgan fingerprint density at radius 2 is 2.06 bits per heavy atom. The third-order valence-electron chi connectivity index (χ3n) is 4.22. The molecular formula is C13H9F2NO. The molecule has 3 aliphatic rings. The van der Waals surface area contributed by atoms with Gasteiger partial charge in [-0.1, -0.05) is 24.3 Å². The van der Waals surface area contributed by atoms with E-state index in [4.69, 9.17) is 0 Å². The van der Waals surface area contributed by atoms with E-state index in [9.17, 15) is 13.6 Å². The maximum absolute atomic E-state index is 14.0. The molecule has 2 aliphatic carbocycles. The summed E-state index contributed by atoms with van der Waals surface area (Å²) in [5.74, 6) is -3.60. The van der Waals surface area contributed by atoms with Gasteiger partial charge < -0.3 is 5.32 Å². The molecule has 1 saturated carbocycles. The number of hydrogen-bond acceptors (Lipinski definition) is 2. The maximum Gasteiger partial charge on any atom is 0.269 e. The summed E-state index contributed by atoms with van der Waals surface area (Å²) in [4.78, 5) is 11.8. The number of benzene rings is 1. The van der Waals surface area contributed by atoms with Gasteiger partial charge in [0.05, 0.1) is 5.92 Å². The van der Waals surface area contributed by atoms with Crippen molar-refractivity contribution in [3.63, 3.8) is 0 Å². The Bertz CT molecular complexity index is 593. The molecule has 1 heterocycles. The first-order valence-corrected chi connectivity index (χ1v) is 5.58. The third-order valence-corrected chi connectivity index (χ3v) is 4.22. The molecule has 1 aromatic carbocycles. The average Bonchev–Trinajstić information content (AvgIpc) is 2.64. The maximum atomic E-state index is 14.0. The number of carbonyl (C=O) groups excluding carboxylic acids is 1. The highest BCUT2D eigenvalue weighted by atomic mass is 19.3. The first-order chi connectivity index (χ1) is 8.10. The molecule has 86 valence electrons. The highest BCUT2D eigenvalue weighted by Gasteiger charge is 2.86. The Labute approximate surface area is 96.3 Å². The minimum Gasteiger partial charge on any atom is -0.387 e. The highest BCUT2D eigenvalue weighted by molar-refractivity contribution is 6.09. The average molecular weight is 233 g/mol. The molecule has 1 spiro atoms. The van der Waals surface area contributed by atoms with Crippen LogP contribution >= 0.6 is 0 Å². The zero-order valence-electron chi connectivity index (χ0n) is 8.84. The van der Waals surface area contributed by atoms with E-state index in [1.807, 2.05) is 0 Å². The summed E-state index contributed by atoms with van der Waals surface area (Å²) in [5.41, 5.74) is 0.0677. The molecule has 1 aromatic rings. The molecule has 1 aliphatic heterocycles. The molecule has 17 heavy (non-hydrogen) atoms. The number of fused-ring (bicyclic) bond motifs is 1. The van der Waals surface area contributed by atoms with Crippen molar-refractivity contribution < 1.29 is 13.6 Å². The van der Waals surface area contributed by atoms with Crippen LogP contribution < -0.4 is 5.32 Å². The van der Waals surface area contributed by atoms with Gasteiger partial charge in [-0.15, -0.1) is 0 Å². The summed E-state index contributed by atoms with van der Waals surface area (Å²) in [6.07, 6.45) is 1.34. The first-order valence-electron chi connectivity index (χ1n) is 5.58. The summed E-state index contributed by atoms with van der Waals surface area (Å²) in [7, 11) is 0. The van der Waals surface area contributed by atoms with E-state index in [0.29, 0.717) is 16.8 Å². The molecule has 4 heteroatoms. The monoisotopic (exact) mass is 233 g/mol. The lowest BCUT2D eigenvalue weighted by Crippen LogP contribution is -2.31. The van der Waals surface area contributed by atoms with Crippen LogP contribution in [0.3, 0.4) is 0 Å². The Balaban J connectivity index is 2.06. The minimum atomic E-state index is -2.72. The van der Waals surface area contributed by atoms with Crippen LogP contribution in [0.25, 0.3) is 0 Å². The Kier molecular flexibility index (Phi) is 1.33. The second kappa shape index (κ2) is 2.42. The van der Waals surface area contributed by atoms with Crippen molar-refractivity contribution in [1.29, 1.82) is 0 Å². The van der Waals surface area contributed by atoms with E-state index in [1.165, 1.54) is 6.08 Å².